The van der Waals surface area contributed by atoms with Crippen molar-refractivity contribution in [2.45, 2.75) is 25.6 Å². The van der Waals surface area contributed by atoms with Gasteiger partial charge in [-0.3, -0.25) is 4.79 Å². The first-order chi connectivity index (χ1) is 10.2. The highest BCUT2D eigenvalue weighted by molar-refractivity contribution is 5.38. The standard InChI is InChI=1S/C14H14F2N2O3/c15-14(16)21-13-8-11(17-18-13)7-12(20-9-19)6-10-4-2-1-3-5-10/h1-5,8-9,12,14H,6-7H2,(H,17,18). The van der Waals surface area contributed by atoms with Gasteiger partial charge >= 0.3 is 6.61 Å². The van der Waals surface area contributed by atoms with Crippen LogP contribution in [-0.2, 0) is 22.4 Å². The van der Waals surface area contributed by atoms with Crippen LogP contribution in [0.3, 0.4) is 0 Å². The number of aromatic amines is 1. The van der Waals surface area contributed by atoms with Gasteiger partial charge in [-0.1, -0.05) is 30.3 Å². The maximum Gasteiger partial charge on any atom is 0.388 e. The molecule has 0 amide bonds. The van der Waals surface area contributed by atoms with Crippen molar-refractivity contribution in [3.63, 3.8) is 0 Å². The Hall–Kier alpha value is -2.44. The minimum atomic E-state index is -2.91. The minimum Gasteiger partial charge on any atom is -0.464 e. The zero-order valence-corrected chi connectivity index (χ0v) is 11.0. The van der Waals surface area contributed by atoms with Crippen molar-refractivity contribution in [2.75, 3.05) is 0 Å². The lowest BCUT2D eigenvalue weighted by Crippen LogP contribution is -2.18. The Morgan fingerprint density at radius 2 is 2.00 bits per heavy atom. The van der Waals surface area contributed by atoms with Crippen molar-refractivity contribution in [3.05, 3.63) is 47.7 Å². The van der Waals surface area contributed by atoms with E-state index in [0.29, 0.717) is 25.0 Å². The third kappa shape index (κ3) is 4.87. The number of nitrogens with one attached hydrogen (secondary N) is 1. The van der Waals surface area contributed by atoms with E-state index in [1.807, 2.05) is 30.3 Å². The summed E-state index contributed by atoms with van der Waals surface area (Å²) in [4.78, 5) is 10.6. The van der Waals surface area contributed by atoms with Gasteiger partial charge in [-0.05, 0) is 5.56 Å². The van der Waals surface area contributed by atoms with Gasteiger partial charge in [-0.25, -0.2) is 5.10 Å². The molecular weight excluding hydrogens is 282 g/mol. The minimum absolute atomic E-state index is 0.121. The molecule has 2 rings (SSSR count). The average Bonchev–Trinajstić information content (AvgIpc) is 2.86. The molecule has 0 saturated carbocycles. The van der Waals surface area contributed by atoms with Gasteiger partial charge in [0.05, 0.1) is 5.69 Å². The molecule has 1 atom stereocenters. The second-order valence-corrected chi connectivity index (χ2v) is 4.35. The van der Waals surface area contributed by atoms with E-state index in [1.54, 1.807) is 0 Å². The summed E-state index contributed by atoms with van der Waals surface area (Å²) >= 11 is 0. The van der Waals surface area contributed by atoms with E-state index in [0.717, 1.165) is 5.56 Å². The van der Waals surface area contributed by atoms with Crippen LogP contribution in [0.25, 0.3) is 0 Å². The van der Waals surface area contributed by atoms with Crippen molar-refractivity contribution in [1.82, 2.24) is 10.2 Å². The number of aromatic nitrogens is 2. The monoisotopic (exact) mass is 296 g/mol. The Kier molecular flexibility index (Phi) is 5.25. The van der Waals surface area contributed by atoms with Gasteiger partial charge in [0, 0.05) is 18.9 Å². The van der Waals surface area contributed by atoms with Gasteiger partial charge in [0.25, 0.3) is 6.47 Å². The molecule has 0 bridgehead atoms. The van der Waals surface area contributed by atoms with Crippen molar-refractivity contribution < 1.29 is 23.0 Å². The molecule has 1 aromatic heterocycles. The van der Waals surface area contributed by atoms with E-state index in [2.05, 4.69) is 14.9 Å². The van der Waals surface area contributed by atoms with Gasteiger partial charge in [0.1, 0.15) is 6.10 Å². The summed E-state index contributed by atoms with van der Waals surface area (Å²) in [6.07, 6.45) is 0.390. The van der Waals surface area contributed by atoms with Crippen molar-refractivity contribution in [1.29, 1.82) is 0 Å². The molecule has 5 nitrogen and oxygen atoms in total. The summed E-state index contributed by atoms with van der Waals surface area (Å²) < 4.78 is 33.3. The number of hydrogen-bond donors (Lipinski definition) is 1. The average molecular weight is 296 g/mol. The lowest BCUT2D eigenvalue weighted by molar-refractivity contribution is -0.133. The summed E-state index contributed by atoms with van der Waals surface area (Å²) in [5, 5.41) is 6.21. The highest BCUT2D eigenvalue weighted by Gasteiger charge is 2.15. The first kappa shape index (κ1) is 15.0. The molecule has 1 heterocycles. The maximum atomic E-state index is 12.1. The molecule has 1 N–H and O–H groups in total. The molecule has 112 valence electrons. The third-order valence-electron chi connectivity index (χ3n) is 2.81. The Balaban J connectivity index is 1.99. The van der Waals surface area contributed by atoms with Gasteiger partial charge < -0.3 is 9.47 Å². The normalized spacial score (nSPS) is 12.1. The lowest BCUT2D eigenvalue weighted by Gasteiger charge is -2.13. The Morgan fingerprint density at radius 1 is 1.24 bits per heavy atom. The highest BCUT2D eigenvalue weighted by atomic mass is 19.3. The first-order valence-corrected chi connectivity index (χ1v) is 6.29. The first-order valence-electron chi connectivity index (χ1n) is 6.29. The number of hydrogen-bond acceptors (Lipinski definition) is 4. The molecule has 0 radical (unpaired) electrons. The Bertz CT molecular complexity index is 560. The zero-order valence-electron chi connectivity index (χ0n) is 11.0. The van der Waals surface area contributed by atoms with Crippen molar-refractivity contribution in [2.24, 2.45) is 0 Å². The van der Waals surface area contributed by atoms with E-state index in [1.165, 1.54) is 6.07 Å². The van der Waals surface area contributed by atoms with Crippen molar-refractivity contribution in [3.8, 4) is 5.88 Å². The number of rotatable bonds is 8. The van der Waals surface area contributed by atoms with E-state index in [4.69, 9.17) is 4.74 Å². The second kappa shape index (κ2) is 7.37. The summed E-state index contributed by atoms with van der Waals surface area (Å²) in [6.45, 7) is -2.54. The van der Waals surface area contributed by atoms with Gasteiger partial charge in [-0.2, -0.15) is 13.9 Å². The summed E-state index contributed by atoms with van der Waals surface area (Å²) in [7, 11) is 0. The molecule has 0 aliphatic carbocycles. The molecule has 0 aliphatic rings. The molecule has 1 aromatic carbocycles. The van der Waals surface area contributed by atoms with Gasteiger partial charge in [0.15, 0.2) is 0 Å². The van der Waals surface area contributed by atoms with Crippen LogP contribution in [0.2, 0.25) is 0 Å². The summed E-state index contributed by atoms with van der Waals surface area (Å²) in [5.41, 5.74) is 1.48. The fraction of sp³-hybridized carbons (Fsp3) is 0.286. The number of carbonyl (C=O) groups excluding carboxylic acids is 1. The maximum absolute atomic E-state index is 12.1. The highest BCUT2D eigenvalue weighted by Crippen LogP contribution is 2.15. The van der Waals surface area contributed by atoms with E-state index in [9.17, 15) is 13.6 Å². The molecule has 21 heavy (non-hydrogen) atoms. The van der Waals surface area contributed by atoms with Crippen LogP contribution in [0.15, 0.2) is 36.4 Å². The van der Waals surface area contributed by atoms with E-state index >= 15 is 0 Å². The molecule has 0 spiro atoms. The summed E-state index contributed by atoms with van der Waals surface area (Å²) in [6, 6.07) is 10.8. The third-order valence-corrected chi connectivity index (χ3v) is 2.81. The van der Waals surface area contributed by atoms with Crippen LogP contribution in [0, 0.1) is 0 Å². The predicted molar refractivity (Wildman–Crippen MR) is 70.0 cm³/mol. The number of nitrogens with zero attached hydrogens (tertiary/aromatic N) is 1. The molecular formula is C14H14F2N2O3. The Labute approximate surface area is 119 Å². The number of halogens is 2. The van der Waals surface area contributed by atoms with Crippen LogP contribution in [0.5, 0.6) is 5.88 Å². The van der Waals surface area contributed by atoms with Crippen LogP contribution in [0.1, 0.15) is 11.3 Å². The smallest absolute Gasteiger partial charge is 0.388 e. The SMILES string of the molecule is O=COC(Cc1ccccc1)Cc1cc(OC(F)F)[nH]n1. The number of alkyl halides is 2. The van der Waals surface area contributed by atoms with Crippen LogP contribution >= 0.6 is 0 Å². The zero-order chi connectivity index (χ0) is 15.1. The summed E-state index contributed by atoms with van der Waals surface area (Å²) in [5.74, 6) is -0.121. The molecule has 7 heteroatoms. The quantitative estimate of drug-likeness (QED) is 0.759. The topological polar surface area (TPSA) is 64.2 Å². The largest absolute Gasteiger partial charge is 0.464 e. The fourth-order valence-corrected chi connectivity index (χ4v) is 1.96. The number of carbonyl (C=O) groups is 1. The second-order valence-electron chi connectivity index (χ2n) is 4.35. The molecule has 0 aliphatic heterocycles. The Morgan fingerprint density at radius 3 is 2.67 bits per heavy atom. The molecule has 0 saturated heterocycles. The number of H-pyrrole nitrogens is 1. The van der Waals surface area contributed by atoms with Crippen molar-refractivity contribution >= 4 is 6.47 Å². The van der Waals surface area contributed by atoms with E-state index < -0.39 is 12.7 Å². The van der Waals surface area contributed by atoms with Crippen LogP contribution < -0.4 is 4.74 Å². The molecule has 1 unspecified atom stereocenters. The van der Waals surface area contributed by atoms with Crippen LogP contribution in [0.4, 0.5) is 8.78 Å². The number of benzene rings is 1. The predicted octanol–water partition coefficient (Wildman–Crippen LogP) is 2.34. The lowest BCUT2D eigenvalue weighted by atomic mass is 10.0. The van der Waals surface area contributed by atoms with Gasteiger partial charge in [-0.15, -0.1) is 0 Å². The van der Waals surface area contributed by atoms with Crippen LogP contribution in [-0.4, -0.2) is 29.4 Å². The molecule has 0 fully saturated rings. The number of ether oxygens (including phenoxy) is 2. The van der Waals surface area contributed by atoms with E-state index in [-0.39, 0.29) is 5.88 Å². The molecule has 2 aromatic rings. The fourth-order valence-electron chi connectivity index (χ4n) is 1.96. The van der Waals surface area contributed by atoms with Gasteiger partial charge in [0.2, 0.25) is 5.88 Å².